The summed E-state index contributed by atoms with van der Waals surface area (Å²) in [6.45, 7) is 3.88. The first-order valence-corrected chi connectivity index (χ1v) is 7.61. The first-order valence-electron chi connectivity index (χ1n) is 6.82. The van der Waals surface area contributed by atoms with Crippen LogP contribution in [0, 0.1) is 6.92 Å². The minimum absolute atomic E-state index is 0.177. The van der Waals surface area contributed by atoms with Gasteiger partial charge in [0.15, 0.2) is 0 Å². The average Bonchev–Trinajstić information content (AvgIpc) is 2.96. The highest BCUT2D eigenvalue weighted by atomic mass is 79.9. The molecule has 2 heterocycles. The molecule has 21 heavy (non-hydrogen) atoms. The van der Waals surface area contributed by atoms with E-state index >= 15 is 0 Å². The van der Waals surface area contributed by atoms with Gasteiger partial charge in [-0.25, -0.2) is 0 Å². The second kappa shape index (κ2) is 5.85. The number of halogens is 1. The maximum atomic E-state index is 5.76. The Labute approximate surface area is 131 Å². The minimum Gasteiger partial charge on any atom is -0.424 e. The summed E-state index contributed by atoms with van der Waals surface area (Å²) in [4.78, 5) is 14.7. The lowest BCUT2D eigenvalue weighted by Crippen LogP contribution is -2.21. The van der Waals surface area contributed by atoms with Crippen LogP contribution in [0.5, 0.6) is 11.8 Å². The standard InChI is InChI=1S/C14H16BrN5O/c1-9-8-10(4-5-11(9)15)21-14-18-12(16)17-13(19-14)20-6-2-3-7-20/h4-5,8H,2-3,6-7H2,1H3,(H2,16,17,18,19). The van der Waals surface area contributed by atoms with Crippen molar-refractivity contribution in [1.82, 2.24) is 15.0 Å². The van der Waals surface area contributed by atoms with Gasteiger partial charge < -0.3 is 15.4 Å². The number of nitrogens with zero attached hydrogens (tertiary/aromatic N) is 4. The number of aromatic nitrogens is 3. The zero-order valence-corrected chi connectivity index (χ0v) is 13.3. The molecule has 0 radical (unpaired) electrons. The summed E-state index contributed by atoms with van der Waals surface area (Å²) in [5.41, 5.74) is 6.84. The number of ether oxygens (including phenoxy) is 1. The van der Waals surface area contributed by atoms with Gasteiger partial charge in [0.2, 0.25) is 11.9 Å². The Morgan fingerprint density at radius 3 is 2.67 bits per heavy atom. The van der Waals surface area contributed by atoms with Gasteiger partial charge in [-0.1, -0.05) is 15.9 Å². The fourth-order valence-corrected chi connectivity index (χ4v) is 2.50. The monoisotopic (exact) mass is 349 g/mol. The van der Waals surface area contributed by atoms with Gasteiger partial charge in [0.1, 0.15) is 5.75 Å². The van der Waals surface area contributed by atoms with E-state index in [0.29, 0.717) is 11.7 Å². The minimum atomic E-state index is 0.177. The van der Waals surface area contributed by atoms with Gasteiger partial charge in [0.25, 0.3) is 0 Å². The zero-order chi connectivity index (χ0) is 14.8. The highest BCUT2D eigenvalue weighted by Crippen LogP contribution is 2.26. The molecule has 0 amide bonds. The fraction of sp³-hybridized carbons (Fsp3) is 0.357. The summed E-state index contributed by atoms with van der Waals surface area (Å²) in [5, 5.41) is 0. The normalized spacial score (nSPS) is 14.5. The van der Waals surface area contributed by atoms with Crippen LogP contribution in [-0.4, -0.2) is 28.0 Å². The third-order valence-corrected chi connectivity index (χ3v) is 4.24. The van der Waals surface area contributed by atoms with Crippen molar-refractivity contribution < 1.29 is 4.74 Å². The summed E-state index contributed by atoms with van der Waals surface area (Å²) in [6, 6.07) is 5.93. The van der Waals surface area contributed by atoms with E-state index in [4.69, 9.17) is 10.5 Å². The van der Waals surface area contributed by atoms with Crippen LogP contribution >= 0.6 is 15.9 Å². The van der Waals surface area contributed by atoms with E-state index in [1.807, 2.05) is 25.1 Å². The van der Waals surface area contributed by atoms with Crippen LogP contribution in [0.1, 0.15) is 18.4 Å². The van der Waals surface area contributed by atoms with Crippen molar-refractivity contribution in [3.05, 3.63) is 28.2 Å². The van der Waals surface area contributed by atoms with Crippen molar-refractivity contribution in [3.63, 3.8) is 0 Å². The maximum absolute atomic E-state index is 5.76. The van der Waals surface area contributed by atoms with E-state index in [9.17, 15) is 0 Å². The molecule has 0 unspecified atom stereocenters. The van der Waals surface area contributed by atoms with Gasteiger partial charge in [-0.3, -0.25) is 0 Å². The Morgan fingerprint density at radius 2 is 1.95 bits per heavy atom. The molecule has 0 atom stereocenters. The molecule has 0 bridgehead atoms. The van der Waals surface area contributed by atoms with E-state index in [-0.39, 0.29) is 12.0 Å². The Balaban J connectivity index is 1.85. The van der Waals surface area contributed by atoms with Crippen molar-refractivity contribution >= 4 is 27.8 Å². The van der Waals surface area contributed by atoms with Crippen LogP contribution in [0.25, 0.3) is 0 Å². The molecule has 6 nitrogen and oxygen atoms in total. The van der Waals surface area contributed by atoms with Crippen LogP contribution in [-0.2, 0) is 0 Å². The van der Waals surface area contributed by atoms with Crippen LogP contribution in [0.4, 0.5) is 11.9 Å². The highest BCUT2D eigenvalue weighted by Gasteiger charge is 2.17. The van der Waals surface area contributed by atoms with E-state index < -0.39 is 0 Å². The molecule has 2 aromatic rings. The number of rotatable bonds is 3. The molecule has 2 N–H and O–H groups in total. The van der Waals surface area contributed by atoms with Gasteiger partial charge in [-0.15, -0.1) is 0 Å². The van der Waals surface area contributed by atoms with Crippen LogP contribution < -0.4 is 15.4 Å². The number of hydrogen-bond donors (Lipinski definition) is 1. The SMILES string of the molecule is Cc1cc(Oc2nc(N)nc(N3CCCC3)n2)ccc1Br. The van der Waals surface area contributed by atoms with Crippen molar-refractivity contribution in [1.29, 1.82) is 0 Å². The molecule has 110 valence electrons. The number of benzene rings is 1. The highest BCUT2D eigenvalue weighted by molar-refractivity contribution is 9.10. The molecule has 1 aliphatic heterocycles. The Hall–Kier alpha value is -1.89. The molecule has 0 spiro atoms. The number of nitrogens with two attached hydrogens (primary N) is 1. The smallest absolute Gasteiger partial charge is 0.328 e. The molecule has 7 heteroatoms. The molecule has 3 rings (SSSR count). The molecule has 1 aliphatic rings. The van der Waals surface area contributed by atoms with E-state index in [0.717, 1.165) is 36.0 Å². The lowest BCUT2D eigenvalue weighted by molar-refractivity contribution is 0.440. The second-order valence-electron chi connectivity index (χ2n) is 4.98. The van der Waals surface area contributed by atoms with E-state index in [1.54, 1.807) is 0 Å². The number of nitrogen functional groups attached to an aromatic ring is 1. The fourth-order valence-electron chi connectivity index (χ4n) is 2.25. The predicted molar refractivity (Wildman–Crippen MR) is 84.6 cm³/mol. The zero-order valence-electron chi connectivity index (χ0n) is 11.7. The van der Waals surface area contributed by atoms with Gasteiger partial charge in [-0.2, -0.15) is 15.0 Å². The summed E-state index contributed by atoms with van der Waals surface area (Å²) in [6.07, 6.45) is 2.29. The lowest BCUT2D eigenvalue weighted by Gasteiger charge is -2.15. The lowest BCUT2D eigenvalue weighted by atomic mass is 10.2. The van der Waals surface area contributed by atoms with Gasteiger partial charge in [0.05, 0.1) is 0 Å². The molecule has 1 fully saturated rings. The van der Waals surface area contributed by atoms with Gasteiger partial charge in [0, 0.05) is 17.6 Å². The van der Waals surface area contributed by atoms with Crippen molar-refractivity contribution in [2.24, 2.45) is 0 Å². The Bertz CT molecular complexity index is 658. The second-order valence-corrected chi connectivity index (χ2v) is 5.84. The molecule has 0 aliphatic carbocycles. The van der Waals surface area contributed by atoms with Crippen LogP contribution in [0.2, 0.25) is 0 Å². The molecule has 1 aromatic carbocycles. The number of aryl methyl sites for hydroxylation is 1. The van der Waals surface area contributed by atoms with Crippen molar-refractivity contribution in [2.75, 3.05) is 23.7 Å². The molecule has 1 aromatic heterocycles. The first-order chi connectivity index (χ1) is 10.1. The molecular weight excluding hydrogens is 334 g/mol. The molecule has 0 saturated carbocycles. The van der Waals surface area contributed by atoms with Crippen molar-refractivity contribution in [2.45, 2.75) is 19.8 Å². The summed E-state index contributed by atoms with van der Waals surface area (Å²) in [7, 11) is 0. The number of anilines is 2. The van der Waals surface area contributed by atoms with E-state index in [1.165, 1.54) is 0 Å². The Morgan fingerprint density at radius 1 is 1.19 bits per heavy atom. The van der Waals surface area contributed by atoms with Gasteiger partial charge >= 0.3 is 6.01 Å². The third kappa shape index (κ3) is 3.24. The Kier molecular flexibility index (Phi) is 3.92. The summed E-state index contributed by atoms with van der Waals surface area (Å²) < 4.78 is 6.74. The number of hydrogen-bond acceptors (Lipinski definition) is 6. The average molecular weight is 350 g/mol. The van der Waals surface area contributed by atoms with E-state index in [2.05, 4.69) is 35.8 Å². The predicted octanol–water partition coefficient (Wildman–Crippen LogP) is 2.92. The summed E-state index contributed by atoms with van der Waals surface area (Å²) in [5.74, 6) is 1.44. The topological polar surface area (TPSA) is 77.2 Å². The first kappa shape index (κ1) is 14.1. The quantitative estimate of drug-likeness (QED) is 0.917. The van der Waals surface area contributed by atoms with Crippen LogP contribution in [0.3, 0.4) is 0 Å². The van der Waals surface area contributed by atoms with Crippen molar-refractivity contribution in [3.8, 4) is 11.8 Å². The molecular formula is C14H16BrN5O. The largest absolute Gasteiger partial charge is 0.424 e. The third-order valence-electron chi connectivity index (χ3n) is 3.35. The molecule has 1 saturated heterocycles. The summed E-state index contributed by atoms with van der Waals surface area (Å²) >= 11 is 3.46. The maximum Gasteiger partial charge on any atom is 0.328 e. The van der Waals surface area contributed by atoms with Gasteiger partial charge in [-0.05, 0) is 43.5 Å². The van der Waals surface area contributed by atoms with Crippen LogP contribution in [0.15, 0.2) is 22.7 Å².